The summed E-state index contributed by atoms with van der Waals surface area (Å²) >= 11 is 1.53. The van der Waals surface area contributed by atoms with Crippen LogP contribution in [0.3, 0.4) is 0 Å². The molecule has 8 nitrogen and oxygen atoms in total. The van der Waals surface area contributed by atoms with E-state index in [4.69, 9.17) is 9.47 Å². The summed E-state index contributed by atoms with van der Waals surface area (Å²) in [6.45, 7) is 1.55. The highest BCUT2D eigenvalue weighted by Crippen LogP contribution is 2.14. The molecule has 0 unspecified atom stereocenters. The third kappa shape index (κ3) is 4.06. The lowest BCUT2D eigenvalue weighted by Gasteiger charge is -2.31. The van der Waals surface area contributed by atoms with Gasteiger partial charge in [0.2, 0.25) is 5.91 Å². The highest BCUT2D eigenvalue weighted by atomic mass is 32.1. The smallest absolute Gasteiger partial charge is 0.243 e. The Morgan fingerprint density at radius 3 is 2.88 bits per heavy atom. The van der Waals surface area contributed by atoms with Crippen molar-refractivity contribution in [1.82, 2.24) is 25.3 Å². The van der Waals surface area contributed by atoms with Crippen LogP contribution in [0.2, 0.25) is 0 Å². The molecule has 0 spiro atoms. The van der Waals surface area contributed by atoms with Gasteiger partial charge in [-0.3, -0.25) is 4.79 Å². The van der Waals surface area contributed by atoms with Crippen LogP contribution in [0.25, 0.3) is 11.0 Å². The van der Waals surface area contributed by atoms with Gasteiger partial charge in [0.25, 0.3) is 0 Å². The van der Waals surface area contributed by atoms with Gasteiger partial charge in [-0.05, 0) is 18.6 Å². The van der Waals surface area contributed by atoms with Crippen molar-refractivity contribution in [2.24, 2.45) is 0 Å². The fourth-order valence-electron chi connectivity index (χ4n) is 2.90. The van der Waals surface area contributed by atoms with E-state index in [1.807, 2.05) is 29.6 Å². The molecule has 1 aliphatic heterocycles. The van der Waals surface area contributed by atoms with Crippen LogP contribution in [-0.4, -0.2) is 51.2 Å². The minimum Gasteiger partial charge on any atom is -0.379 e. The molecule has 0 bridgehead atoms. The van der Waals surface area contributed by atoms with E-state index in [1.54, 1.807) is 5.51 Å². The summed E-state index contributed by atoms with van der Waals surface area (Å²) in [6.07, 6.45) is 0.515. The zero-order valence-electron chi connectivity index (χ0n) is 14.1. The Hall–Kier alpha value is -2.36. The van der Waals surface area contributed by atoms with Gasteiger partial charge < -0.3 is 14.8 Å². The number of ether oxygens (including phenoxy) is 2. The summed E-state index contributed by atoms with van der Waals surface area (Å²) in [4.78, 5) is 18.0. The summed E-state index contributed by atoms with van der Waals surface area (Å²) in [7, 11) is 0. The van der Waals surface area contributed by atoms with Crippen LogP contribution in [0.5, 0.6) is 0 Å². The van der Waals surface area contributed by atoms with Crippen molar-refractivity contribution in [3.05, 3.63) is 40.8 Å². The van der Waals surface area contributed by atoms with Crippen molar-refractivity contribution in [3.8, 4) is 0 Å². The number of carbonyl (C=O) groups excluding carboxylic acids is 1. The summed E-state index contributed by atoms with van der Waals surface area (Å²) < 4.78 is 11.4. The molecule has 9 heteroatoms. The molecule has 1 saturated heterocycles. The third-order valence-corrected chi connectivity index (χ3v) is 4.83. The molecule has 0 aliphatic carbocycles. The molecule has 26 heavy (non-hydrogen) atoms. The van der Waals surface area contributed by atoms with Gasteiger partial charge in [-0.2, -0.15) is 15.0 Å². The molecule has 0 radical (unpaired) electrons. The van der Waals surface area contributed by atoms with Crippen LogP contribution in [-0.2, 0) is 27.4 Å². The number of aromatic nitrogens is 4. The first-order chi connectivity index (χ1) is 12.8. The molecule has 1 aromatic carbocycles. The monoisotopic (exact) mass is 373 g/mol. The number of rotatable bonds is 6. The van der Waals surface area contributed by atoms with Gasteiger partial charge in [0.15, 0.2) is 0 Å². The molecule has 1 amide bonds. The lowest BCUT2D eigenvalue weighted by atomic mass is 10.1. The average Bonchev–Trinajstić information content (AvgIpc) is 3.29. The van der Waals surface area contributed by atoms with Gasteiger partial charge in [-0.25, -0.2) is 4.98 Å². The fraction of sp³-hybridized carbons (Fsp3) is 0.412. The Morgan fingerprint density at radius 1 is 1.35 bits per heavy atom. The van der Waals surface area contributed by atoms with Crippen LogP contribution < -0.4 is 5.32 Å². The molecule has 2 atom stereocenters. The summed E-state index contributed by atoms with van der Waals surface area (Å²) in [6, 6.07) is 7.44. The summed E-state index contributed by atoms with van der Waals surface area (Å²) in [5, 5.41) is 13.6. The van der Waals surface area contributed by atoms with Crippen LogP contribution in [0, 0.1) is 0 Å². The first-order valence-corrected chi connectivity index (χ1v) is 9.38. The lowest BCUT2D eigenvalue weighted by Crippen LogP contribution is -2.50. The maximum atomic E-state index is 12.4. The Bertz CT molecular complexity index is 833. The fourth-order valence-corrected chi connectivity index (χ4v) is 3.44. The maximum Gasteiger partial charge on any atom is 0.243 e. The summed E-state index contributed by atoms with van der Waals surface area (Å²) in [5.41, 5.74) is 4.21. The van der Waals surface area contributed by atoms with Crippen LogP contribution in [0.15, 0.2) is 35.2 Å². The number of hydrogen-bond acceptors (Lipinski definition) is 7. The second-order valence-corrected chi connectivity index (χ2v) is 6.80. The lowest BCUT2D eigenvalue weighted by molar-refractivity contribution is -0.127. The number of benzene rings is 1. The first-order valence-electron chi connectivity index (χ1n) is 8.43. The molecular formula is C17H19N5O3S. The van der Waals surface area contributed by atoms with E-state index in [-0.39, 0.29) is 24.6 Å². The van der Waals surface area contributed by atoms with Gasteiger partial charge in [0.1, 0.15) is 23.7 Å². The van der Waals surface area contributed by atoms with Gasteiger partial charge in [-0.1, -0.05) is 12.1 Å². The zero-order chi connectivity index (χ0) is 17.8. The number of hydrogen-bond donors (Lipinski definition) is 1. The number of fused-ring (bicyclic) bond motifs is 1. The quantitative estimate of drug-likeness (QED) is 0.702. The molecule has 2 aromatic heterocycles. The molecule has 1 N–H and O–H groups in total. The Balaban J connectivity index is 1.35. The Labute approximate surface area is 154 Å². The molecule has 3 aromatic rings. The normalized spacial score (nSPS) is 20.3. The second-order valence-electron chi connectivity index (χ2n) is 6.09. The van der Waals surface area contributed by atoms with E-state index in [1.165, 1.54) is 16.1 Å². The van der Waals surface area contributed by atoms with Gasteiger partial charge >= 0.3 is 0 Å². The number of nitrogens with one attached hydrogen (secondary N) is 1. The summed E-state index contributed by atoms with van der Waals surface area (Å²) in [5.74, 6) is -0.139. The van der Waals surface area contributed by atoms with Crippen molar-refractivity contribution in [3.63, 3.8) is 0 Å². The average molecular weight is 373 g/mol. The SMILES string of the molecule is O=C(Cn1nc2ccccc2n1)N[C@@H]1CCOC[C@H]1OCc1cscn1. The van der Waals surface area contributed by atoms with Crippen molar-refractivity contribution in [2.75, 3.05) is 13.2 Å². The number of carbonyl (C=O) groups is 1. The zero-order valence-corrected chi connectivity index (χ0v) is 14.9. The highest BCUT2D eigenvalue weighted by molar-refractivity contribution is 7.07. The van der Waals surface area contributed by atoms with Gasteiger partial charge in [0, 0.05) is 12.0 Å². The predicted octanol–water partition coefficient (Wildman–Crippen LogP) is 1.38. The number of nitrogens with zero attached hydrogens (tertiary/aromatic N) is 4. The highest BCUT2D eigenvalue weighted by Gasteiger charge is 2.28. The molecule has 0 saturated carbocycles. The van der Waals surface area contributed by atoms with E-state index in [9.17, 15) is 4.79 Å². The Morgan fingerprint density at radius 2 is 2.15 bits per heavy atom. The molecular weight excluding hydrogens is 354 g/mol. The number of amides is 1. The van der Waals surface area contributed by atoms with Crippen molar-refractivity contribution < 1.29 is 14.3 Å². The van der Waals surface area contributed by atoms with Crippen molar-refractivity contribution >= 4 is 28.3 Å². The van der Waals surface area contributed by atoms with E-state index >= 15 is 0 Å². The number of thiazole rings is 1. The first kappa shape index (κ1) is 17.1. The minimum atomic E-state index is -0.195. The molecule has 4 rings (SSSR count). The van der Waals surface area contributed by atoms with Crippen molar-refractivity contribution in [2.45, 2.75) is 31.7 Å². The topological polar surface area (TPSA) is 91.2 Å². The van der Waals surface area contributed by atoms with E-state index in [0.29, 0.717) is 26.2 Å². The largest absolute Gasteiger partial charge is 0.379 e. The molecule has 3 heterocycles. The van der Waals surface area contributed by atoms with E-state index < -0.39 is 0 Å². The minimum absolute atomic E-state index is 0.0742. The maximum absolute atomic E-state index is 12.4. The van der Waals surface area contributed by atoms with Gasteiger partial charge in [0.05, 0.1) is 30.5 Å². The van der Waals surface area contributed by atoms with E-state index in [0.717, 1.165) is 16.7 Å². The standard InChI is InChI=1S/C17H19N5O3S/c23-17(7-22-20-13-3-1-2-4-14(13)21-22)19-15-5-6-24-9-16(15)25-8-12-10-26-11-18-12/h1-4,10-11,15-16H,5-9H2,(H,19,23)/t15-,16-/m1/s1. The van der Waals surface area contributed by atoms with Crippen molar-refractivity contribution in [1.29, 1.82) is 0 Å². The Kier molecular flexibility index (Phi) is 5.19. The van der Waals surface area contributed by atoms with E-state index in [2.05, 4.69) is 20.5 Å². The molecule has 1 fully saturated rings. The molecule has 136 valence electrons. The predicted molar refractivity (Wildman–Crippen MR) is 95.6 cm³/mol. The van der Waals surface area contributed by atoms with Crippen LogP contribution in [0.1, 0.15) is 12.1 Å². The van der Waals surface area contributed by atoms with Crippen LogP contribution >= 0.6 is 11.3 Å². The molecule has 1 aliphatic rings. The second kappa shape index (κ2) is 7.90. The third-order valence-electron chi connectivity index (χ3n) is 4.19. The van der Waals surface area contributed by atoms with Crippen LogP contribution in [0.4, 0.5) is 0 Å². The van der Waals surface area contributed by atoms with Gasteiger partial charge in [-0.15, -0.1) is 11.3 Å².